The van der Waals surface area contributed by atoms with Gasteiger partial charge in [-0.15, -0.1) is 0 Å². The molecule has 7 heteroatoms. The molecule has 134 valence electrons. The van der Waals surface area contributed by atoms with Gasteiger partial charge >= 0.3 is 0 Å². The van der Waals surface area contributed by atoms with Gasteiger partial charge in [-0.3, -0.25) is 0 Å². The van der Waals surface area contributed by atoms with Gasteiger partial charge in [-0.2, -0.15) is 3.89 Å². The lowest BCUT2D eigenvalue weighted by atomic mass is 10.0. The molecule has 1 saturated heterocycles. The van der Waals surface area contributed by atoms with Crippen molar-refractivity contribution in [2.24, 2.45) is 0 Å². The van der Waals surface area contributed by atoms with E-state index in [2.05, 4.69) is 12.2 Å². The Labute approximate surface area is 142 Å². The number of hydrogen-bond donors (Lipinski definition) is 0. The van der Waals surface area contributed by atoms with Crippen LogP contribution < -0.4 is 0 Å². The lowest BCUT2D eigenvalue weighted by molar-refractivity contribution is -0.117. The molecule has 0 bridgehead atoms. The zero-order valence-corrected chi connectivity index (χ0v) is 14.3. The summed E-state index contributed by atoms with van der Waals surface area (Å²) in [5.41, 5.74) is 0. The van der Waals surface area contributed by atoms with Crippen LogP contribution in [-0.4, -0.2) is 63.9 Å². The third kappa shape index (κ3) is 7.96. The molecule has 1 aliphatic carbocycles. The second-order valence-corrected chi connectivity index (χ2v) is 6.14. The Kier molecular flexibility index (Phi) is 10.2. The minimum absolute atomic E-state index is 0.199. The van der Waals surface area contributed by atoms with E-state index in [4.69, 9.17) is 23.7 Å². The molecule has 2 rings (SSSR count). The van der Waals surface area contributed by atoms with Crippen LogP contribution in [0.4, 0.5) is 3.89 Å². The van der Waals surface area contributed by atoms with Crippen molar-refractivity contribution >= 4 is 12.1 Å². The monoisotopic (exact) mass is 350 g/mol. The van der Waals surface area contributed by atoms with Crippen molar-refractivity contribution in [1.29, 1.82) is 0 Å². The topological polar surface area (TPSA) is 46.2 Å². The average Bonchev–Trinajstić information content (AvgIpc) is 2.90. The molecular formula is C16H27FO5S. The first-order valence-electron chi connectivity index (χ1n) is 8.33. The first-order chi connectivity index (χ1) is 11.4. The molecule has 2 unspecified atom stereocenters. The molecule has 0 saturated carbocycles. The van der Waals surface area contributed by atoms with Crippen LogP contribution in [0, 0.1) is 0 Å². The molecule has 5 nitrogen and oxygen atoms in total. The first-order valence-corrected chi connectivity index (χ1v) is 9.21. The number of hydrogen-bond acceptors (Lipinski definition) is 6. The lowest BCUT2D eigenvalue weighted by Crippen LogP contribution is -2.22. The number of allylic oxidation sites excluding steroid dienone is 2. The zero-order chi connectivity index (χ0) is 16.2. The van der Waals surface area contributed by atoms with Crippen molar-refractivity contribution in [3.8, 4) is 0 Å². The van der Waals surface area contributed by atoms with Gasteiger partial charge < -0.3 is 23.7 Å². The van der Waals surface area contributed by atoms with Crippen LogP contribution in [0.15, 0.2) is 12.2 Å². The molecule has 1 heterocycles. The Morgan fingerprint density at radius 1 is 0.870 bits per heavy atom. The Hall–Kier alpha value is -0.180. The van der Waals surface area contributed by atoms with Gasteiger partial charge in [0.05, 0.1) is 51.8 Å². The van der Waals surface area contributed by atoms with Crippen molar-refractivity contribution in [3.63, 3.8) is 0 Å². The van der Waals surface area contributed by atoms with Crippen LogP contribution >= 0.6 is 12.1 Å². The third-order valence-corrected chi connectivity index (χ3v) is 4.09. The summed E-state index contributed by atoms with van der Waals surface area (Å²) in [5, 5.41) is 0. The number of fused-ring (bicyclic) bond motifs is 1. The molecule has 23 heavy (non-hydrogen) atoms. The maximum atomic E-state index is 11.7. The average molecular weight is 350 g/mol. The molecule has 0 amide bonds. The van der Waals surface area contributed by atoms with Crippen LogP contribution in [0.3, 0.4) is 0 Å². The minimum atomic E-state index is -0.260. The van der Waals surface area contributed by atoms with Crippen molar-refractivity contribution in [2.45, 2.75) is 44.2 Å². The summed E-state index contributed by atoms with van der Waals surface area (Å²) < 4.78 is 39.6. The predicted molar refractivity (Wildman–Crippen MR) is 87.2 cm³/mol. The van der Waals surface area contributed by atoms with Gasteiger partial charge in [0.15, 0.2) is 6.29 Å². The highest BCUT2D eigenvalue weighted by atomic mass is 32.2. The van der Waals surface area contributed by atoms with E-state index in [0.717, 1.165) is 25.7 Å². The summed E-state index contributed by atoms with van der Waals surface area (Å²) >= 11 is 0.285. The van der Waals surface area contributed by atoms with Crippen molar-refractivity contribution in [2.75, 3.05) is 45.4 Å². The summed E-state index contributed by atoms with van der Waals surface area (Å²) in [6, 6.07) is 0. The molecular weight excluding hydrogens is 323 g/mol. The fourth-order valence-corrected chi connectivity index (χ4v) is 2.83. The van der Waals surface area contributed by atoms with E-state index in [1.165, 1.54) is 0 Å². The molecule has 1 fully saturated rings. The van der Waals surface area contributed by atoms with Crippen molar-refractivity contribution in [3.05, 3.63) is 12.2 Å². The molecule has 0 aromatic rings. The molecule has 0 aromatic carbocycles. The summed E-state index contributed by atoms with van der Waals surface area (Å²) in [4.78, 5) is 0. The lowest BCUT2D eigenvalue weighted by Gasteiger charge is -2.16. The molecule has 0 spiro atoms. The molecule has 2 aliphatic rings. The number of ether oxygens (including phenoxy) is 5. The van der Waals surface area contributed by atoms with Gasteiger partial charge in [0.25, 0.3) is 0 Å². The molecule has 1 aliphatic heterocycles. The highest BCUT2D eigenvalue weighted by Crippen LogP contribution is 2.28. The summed E-state index contributed by atoms with van der Waals surface area (Å²) in [6.45, 7) is 2.83. The predicted octanol–water partition coefficient (Wildman–Crippen LogP) is 2.89. The highest BCUT2D eigenvalue weighted by Gasteiger charge is 2.35. The van der Waals surface area contributed by atoms with E-state index in [9.17, 15) is 3.89 Å². The normalized spacial score (nSPS) is 29.0. The van der Waals surface area contributed by atoms with Gasteiger partial charge in [-0.05, 0) is 25.7 Å². The second kappa shape index (κ2) is 12.2. The van der Waals surface area contributed by atoms with Gasteiger partial charge in [-0.1, -0.05) is 12.2 Å². The first kappa shape index (κ1) is 19.1. The van der Waals surface area contributed by atoms with Gasteiger partial charge in [0.1, 0.15) is 0 Å². The largest absolute Gasteiger partial charge is 0.378 e. The van der Waals surface area contributed by atoms with E-state index in [0.29, 0.717) is 45.4 Å². The van der Waals surface area contributed by atoms with E-state index in [-0.39, 0.29) is 30.6 Å². The SMILES string of the molecule is FSCCOCCOCCOCC1OC2CC/C=C/CCC2O1. The maximum Gasteiger partial charge on any atom is 0.181 e. The Balaban J connectivity index is 1.43. The molecule has 0 N–H and O–H groups in total. The van der Waals surface area contributed by atoms with E-state index >= 15 is 0 Å². The van der Waals surface area contributed by atoms with Crippen LogP contribution in [0.2, 0.25) is 0 Å². The standard InChI is InChI=1S/C16H27FO5S/c17-23-12-11-19-8-7-18-9-10-20-13-16-21-14-5-3-1-2-4-6-15(14)22-16/h1-2,14-16H,3-13H2/b2-1+. The van der Waals surface area contributed by atoms with E-state index in [1.807, 2.05) is 0 Å². The summed E-state index contributed by atoms with van der Waals surface area (Å²) in [5.74, 6) is 0.364. The minimum Gasteiger partial charge on any atom is -0.378 e. The molecule has 0 aromatic heterocycles. The van der Waals surface area contributed by atoms with Crippen LogP contribution in [0.25, 0.3) is 0 Å². The van der Waals surface area contributed by atoms with Gasteiger partial charge in [-0.25, -0.2) is 0 Å². The van der Waals surface area contributed by atoms with Crippen molar-refractivity contribution in [1.82, 2.24) is 0 Å². The van der Waals surface area contributed by atoms with Gasteiger partial charge in [0.2, 0.25) is 0 Å². The number of rotatable bonds is 11. The van der Waals surface area contributed by atoms with Crippen LogP contribution in [-0.2, 0) is 23.7 Å². The summed E-state index contributed by atoms with van der Waals surface area (Å²) in [6.07, 6.45) is 8.72. The fourth-order valence-electron chi connectivity index (χ4n) is 2.65. The summed E-state index contributed by atoms with van der Waals surface area (Å²) in [7, 11) is 0. The molecule has 0 radical (unpaired) electrons. The van der Waals surface area contributed by atoms with E-state index in [1.54, 1.807) is 0 Å². The highest BCUT2D eigenvalue weighted by molar-refractivity contribution is 7.94. The van der Waals surface area contributed by atoms with Crippen molar-refractivity contribution < 1.29 is 27.6 Å². The van der Waals surface area contributed by atoms with E-state index < -0.39 is 0 Å². The van der Waals surface area contributed by atoms with Crippen LogP contribution in [0.1, 0.15) is 25.7 Å². The smallest absolute Gasteiger partial charge is 0.181 e. The second-order valence-electron chi connectivity index (χ2n) is 5.52. The quantitative estimate of drug-likeness (QED) is 0.422. The maximum absolute atomic E-state index is 11.7. The van der Waals surface area contributed by atoms with Crippen LogP contribution in [0.5, 0.6) is 0 Å². The Bertz CT molecular complexity index is 314. The number of halogens is 1. The third-order valence-electron chi connectivity index (χ3n) is 3.77. The molecule has 2 atom stereocenters. The van der Waals surface area contributed by atoms with Gasteiger partial charge in [0, 0.05) is 17.9 Å². The fraction of sp³-hybridized carbons (Fsp3) is 0.875. The Morgan fingerprint density at radius 3 is 2.04 bits per heavy atom. The zero-order valence-electron chi connectivity index (χ0n) is 13.5. The Morgan fingerprint density at radius 2 is 1.43 bits per heavy atom.